The number of hydrogen-bond donors (Lipinski definition) is 0. The van der Waals surface area contributed by atoms with Gasteiger partial charge in [0, 0.05) is 16.1 Å². The van der Waals surface area contributed by atoms with E-state index >= 15 is 0 Å². The first kappa shape index (κ1) is 11.9. The van der Waals surface area contributed by atoms with Crippen molar-refractivity contribution in [1.29, 1.82) is 5.26 Å². The second kappa shape index (κ2) is 5.17. The largest absolute Gasteiger partial charge is 0.240 e. The Morgan fingerprint density at radius 1 is 1.29 bits per heavy atom. The molecule has 5 heteroatoms. The standard InChI is InChI=1S/C12H8ClN3S/c1-8-15-7-9(6-14)12(16-8)17-11-4-2-10(13)3-5-11/h2-5,7H,1H3. The molecule has 0 unspecified atom stereocenters. The highest BCUT2D eigenvalue weighted by atomic mass is 35.5. The van der Waals surface area contributed by atoms with Crippen LogP contribution in [-0.4, -0.2) is 9.97 Å². The van der Waals surface area contributed by atoms with Crippen LogP contribution in [0.5, 0.6) is 0 Å². The van der Waals surface area contributed by atoms with Gasteiger partial charge in [0.25, 0.3) is 0 Å². The monoisotopic (exact) mass is 261 g/mol. The summed E-state index contributed by atoms with van der Waals surface area (Å²) in [5.41, 5.74) is 0.482. The van der Waals surface area contributed by atoms with Gasteiger partial charge in [0.15, 0.2) is 0 Å². The topological polar surface area (TPSA) is 49.6 Å². The van der Waals surface area contributed by atoms with Crippen molar-refractivity contribution in [2.45, 2.75) is 16.8 Å². The van der Waals surface area contributed by atoms with Crippen LogP contribution in [0.15, 0.2) is 40.4 Å². The Morgan fingerprint density at radius 3 is 2.65 bits per heavy atom. The molecule has 0 bridgehead atoms. The number of halogens is 1. The highest BCUT2D eigenvalue weighted by Gasteiger charge is 2.07. The molecular formula is C12H8ClN3S. The minimum atomic E-state index is 0.482. The van der Waals surface area contributed by atoms with Gasteiger partial charge in [0.1, 0.15) is 22.5 Å². The number of nitrogens with zero attached hydrogens (tertiary/aromatic N) is 3. The van der Waals surface area contributed by atoms with Crippen molar-refractivity contribution in [2.24, 2.45) is 0 Å². The smallest absolute Gasteiger partial charge is 0.126 e. The number of rotatable bonds is 2. The summed E-state index contributed by atoms with van der Waals surface area (Å²) in [4.78, 5) is 9.25. The first-order valence-electron chi connectivity index (χ1n) is 4.86. The van der Waals surface area contributed by atoms with E-state index in [0.29, 0.717) is 21.4 Å². The van der Waals surface area contributed by atoms with E-state index in [9.17, 15) is 0 Å². The first-order valence-corrected chi connectivity index (χ1v) is 6.05. The summed E-state index contributed by atoms with van der Waals surface area (Å²) in [5, 5.41) is 10.3. The van der Waals surface area contributed by atoms with Crippen LogP contribution < -0.4 is 0 Å². The van der Waals surface area contributed by atoms with Crippen LogP contribution in [0.1, 0.15) is 11.4 Å². The number of benzene rings is 1. The van der Waals surface area contributed by atoms with Gasteiger partial charge in [-0.2, -0.15) is 5.26 Å². The predicted octanol–water partition coefficient (Wildman–Crippen LogP) is 3.46. The van der Waals surface area contributed by atoms with Crippen molar-refractivity contribution >= 4 is 23.4 Å². The van der Waals surface area contributed by atoms with E-state index in [-0.39, 0.29) is 0 Å². The molecule has 0 aliphatic carbocycles. The number of aryl methyl sites for hydroxylation is 1. The minimum absolute atomic E-state index is 0.482. The van der Waals surface area contributed by atoms with E-state index in [1.807, 2.05) is 24.3 Å². The molecule has 17 heavy (non-hydrogen) atoms. The summed E-state index contributed by atoms with van der Waals surface area (Å²) < 4.78 is 0. The van der Waals surface area contributed by atoms with Crippen molar-refractivity contribution in [3.05, 3.63) is 46.9 Å². The molecule has 0 radical (unpaired) electrons. The van der Waals surface area contributed by atoms with Gasteiger partial charge >= 0.3 is 0 Å². The Labute approximate surface area is 108 Å². The predicted molar refractivity (Wildman–Crippen MR) is 67.1 cm³/mol. The molecule has 0 saturated carbocycles. The van der Waals surface area contributed by atoms with Gasteiger partial charge < -0.3 is 0 Å². The van der Waals surface area contributed by atoms with Crippen molar-refractivity contribution in [3.63, 3.8) is 0 Å². The van der Waals surface area contributed by atoms with E-state index in [4.69, 9.17) is 16.9 Å². The van der Waals surface area contributed by atoms with Crippen LogP contribution in [0.25, 0.3) is 0 Å². The van der Waals surface area contributed by atoms with Gasteiger partial charge in [-0.25, -0.2) is 9.97 Å². The fourth-order valence-corrected chi connectivity index (χ4v) is 2.23. The SMILES string of the molecule is Cc1ncc(C#N)c(Sc2ccc(Cl)cc2)n1. The fraction of sp³-hybridized carbons (Fsp3) is 0.0833. The van der Waals surface area contributed by atoms with Gasteiger partial charge in [0.05, 0.1) is 0 Å². The molecule has 0 atom stereocenters. The van der Waals surface area contributed by atoms with Crippen LogP contribution in [-0.2, 0) is 0 Å². The number of aromatic nitrogens is 2. The molecule has 0 spiro atoms. The lowest BCUT2D eigenvalue weighted by Crippen LogP contribution is -1.93. The van der Waals surface area contributed by atoms with Crippen molar-refractivity contribution < 1.29 is 0 Å². The van der Waals surface area contributed by atoms with E-state index in [0.717, 1.165) is 4.90 Å². The molecule has 84 valence electrons. The molecule has 1 aromatic heterocycles. The normalized spacial score (nSPS) is 9.94. The molecule has 3 nitrogen and oxygen atoms in total. The summed E-state index contributed by atoms with van der Waals surface area (Å²) in [6.45, 7) is 1.80. The molecule has 0 amide bonds. The maximum Gasteiger partial charge on any atom is 0.126 e. The van der Waals surface area contributed by atoms with Crippen LogP contribution in [0, 0.1) is 18.3 Å². The van der Waals surface area contributed by atoms with E-state index in [1.165, 1.54) is 11.8 Å². The van der Waals surface area contributed by atoms with E-state index < -0.39 is 0 Å². The quantitative estimate of drug-likeness (QED) is 0.777. The molecular weight excluding hydrogens is 254 g/mol. The lowest BCUT2D eigenvalue weighted by Gasteiger charge is -2.03. The third-order valence-electron chi connectivity index (χ3n) is 2.02. The molecule has 1 heterocycles. The van der Waals surface area contributed by atoms with Crippen LogP contribution in [0.2, 0.25) is 5.02 Å². The number of hydrogen-bond acceptors (Lipinski definition) is 4. The van der Waals surface area contributed by atoms with Gasteiger partial charge in [-0.3, -0.25) is 0 Å². The Hall–Kier alpha value is -1.57. The van der Waals surface area contributed by atoms with Crippen LogP contribution in [0.4, 0.5) is 0 Å². The zero-order chi connectivity index (χ0) is 12.3. The summed E-state index contributed by atoms with van der Waals surface area (Å²) in [6, 6.07) is 9.49. The summed E-state index contributed by atoms with van der Waals surface area (Å²) in [6.07, 6.45) is 1.54. The van der Waals surface area contributed by atoms with Gasteiger partial charge in [-0.05, 0) is 31.2 Å². The lowest BCUT2D eigenvalue weighted by atomic mass is 10.4. The molecule has 0 aliphatic rings. The summed E-state index contributed by atoms with van der Waals surface area (Å²) in [7, 11) is 0. The average molecular weight is 262 g/mol. The van der Waals surface area contributed by atoms with Gasteiger partial charge in [-0.15, -0.1) is 0 Å². The number of nitriles is 1. The third-order valence-corrected chi connectivity index (χ3v) is 3.29. The van der Waals surface area contributed by atoms with Crippen molar-refractivity contribution in [1.82, 2.24) is 9.97 Å². The van der Waals surface area contributed by atoms with E-state index in [2.05, 4.69) is 16.0 Å². The van der Waals surface area contributed by atoms with Gasteiger partial charge in [-0.1, -0.05) is 23.4 Å². The molecule has 0 fully saturated rings. The average Bonchev–Trinajstić information content (AvgIpc) is 2.32. The van der Waals surface area contributed by atoms with Crippen molar-refractivity contribution in [2.75, 3.05) is 0 Å². The zero-order valence-corrected chi connectivity index (χ0v) is 10.6. The summed E-state index contributed by atoms with van der Waals surface area (Å²) in [5.74, 6) is 0.653. The van der Waals surface area contributed by atoms with Gasteiger partial charge in [0.2, 0.25) is 0 Å². The lowest BCUT2D eigenvalue weighted by molar-refractivity contribution is 0.955. The Bertz CT molecular complexity index is 575. The van der Waals surface area contributed by atoms with E-state index in [1.54, 1.807) is 13.1 Å². The molecule has 1 aromatic carbocycles. The second-order valence-electron chi connectivity index (χ2n) is 3.30. The van der Waals surface area contributed by atoms with Crippen LogP contribution in [0.3, 0.4) is 0 Å². The molecule has 2 aromatic rings. The molecule has 0 aliphatic heterocycles. The maximum absolute atomic E-state index is 8.97. The molecule has 0 saturated heterocycles. The maximum atomic E-state index is 8.97. The molecule has 2 rings (SSSR count). The second-order valence-corrected chi connectivity index (χ2v) is 4.80. The molecule has 0 N–H and O–H groups in total. The Morgan fingerprint density at radius 2 is 2.00 bits per heavy atom. The highest BCUT2D eigenvalue weighted by Crippen LogP contribution is 2.29. The highest BCUT2D eigenvalue weighted by molar-refractivity contribution is 7.99. The van der Waals surface area contributed by atoms with Crippen molar-refractivity contribution in [3.8, 4) is 6.07 Å². The summed E-state index contributed by atoms with van der Waals surface area (Å²) >= 11 is 7.24. The Balaban J connectivity index is 2.32. The van der Waals surface area contributed by atoms with Crippen LogP contribution >= 0.6 is 23.4 Å². The minimum Gasteiger partial charge on any atom is -0.240 e. The third kappa shape index (κ3) is 2.96. The first-order chi connectivity index (χ1) is 8.19. The zero-order valence-electron chi connectivity index (χ0n) is 9.01. The fourth-order valence-electron chi connectivity index (χ4n) is 1.22. The Kier molecular flexibility index (Phi) is 3.62.